The Bertz CT molecular complexity index is 1100. The summed E-state index contributed by atoms with van der Waals surface area (Å²) in [5, 5.41) is 0. The maximum atomic E-state index is 12.6. The number of allylic oxidation sites excluding steroid dienone is 1. The standard InChI is InChI=1S/C28H34N4O3/c1-2-22-14-26-23(15-27(22)33)12-21(16-29-26)18-31-7-9-32(10-8-31)24-5-6-25(30-17-24)28(34)13-20-4-3-11-35-19-20/h5-6,12,14,16-17,20H,2-4,7-11,13,15,18-19H2,1H3/t20-/m0/s1. The molecule has 35 heavy (non-hydrogen) atoms. The van der Waals surface area contributed by atoms with E-state index in [1.165, 1.54) is 0 Å². The first-order valence-electron chi connectivity index (χ1n) is 12.8. The Kier molecular flexibility index (Phi) is 7.35. The Labute approximate surface area is 207 Å². The molecule has 3 aliphatic rings. The van der Waals surface area contributed by atoms with Gasteiger partial charge >= 0.3 is 0 Å². The molecule has 4 heterocycles. The number of anilines is 1. The molecular weight excluding hydrogens is 440 g/mol. The van der Waals surface area contributed by atoms with Crippen molar-refractivity contribution in [3.05, 3.63) is 58.7 Å². The summed E-state index contributed by atoms with van der Waals surface area (Å²) in [6.07, 6.45) is 9.57. The summed E-state index contributed by atoms with van der Waals surface area (Å²) in [4.78, 5) is 38.7. The van der Waals surface area contributed by atoms with Gasteiger partial charge in [0.2, 0.25) is 0 Å². The average molecular weight is 475 g/mol. The molecule has 0 aromatic carbocycles. The van der Waals surface area contributed by atoms with Gasteiger partial charge in [0.05, 0.1) is 17.6 Å². The summed E-state index contributed by atoms with van der Waals surface area (Å²) in [7, 11) is 0. The highest BCUT2D eigenvalue weighted by Crippen LogP contribution is 2.24. The van der Waals surface area contributed by atoms with Crippen LogP contribution in [0.4, 0.5) is 5.69 Å². The second kappa shape index (κ2) is 10.8. The molecule has 0 saturated carbocycles. The van der Waals surface area contributed by atoms with Gasteiger partial charge in [-0.1, -0.05) is 13.0 Å². The number of hydrogen-bond donors (Lipinski definition) is 0. The van der Waals surface area contributed by atoms with Crippen molar-refractivity contribution in [2.75, 3.05) is 44.3 Å². The zero-order chi connectivity index (χ0) is 24.2. The smallest absolute Gasteiger partial charge is 0.181 e. The minimum Gasteiger partial charge on any atom is -0.381 e. The van der Waals surface area contributed by atoms with Crippen LogP contribution in [-0.4, -0.2) is 65.8 Å². The number of carbonyl (C=O) groups excluding carboxylic acids is 2. The number of nitrogens with zero attached hydrogens (tertiary/aromatic N) is 4. The van der Waals surface area contributed by atoms with E-state index in [0.717, 1.165) is 86.7 Å². The van der Waals surface area contributed by atoms with E-state index in [1.807, 2.05) is 37.5 Å². The van der Waals surface area contributed by atoms with Gasteiger partial charge in [0.15, 0.2) is 11.6 Å². The maximum absolute atomic E-state index is 12.6. The predicted octanol–water partition coefficient (Wildman–Crippen LogP) is 3.72. The highest BCUT2D eigenvalue weighted by molar-refractivity contribution is 6.03. The van der Waals surface area contributed by atoms with Gasteiger partial charge in [0.1, 0.15) is 5.69 Å². The molecule has 2 aliphatic heterocycles. The van der Waals surface area contributed by atoms with Crippen LogP contribution >= 0.6 is 0 Å². The van der Waals surface area contributed by atoms with E-state index in [-0.39, 0.29) is 11.6 Å². The molecule has 0 unspecified atom stereocenters. The molecule has 0 amide bonds. The van der Waals surface area contributed by atoms with Crippen molar-refractivity contribution in [2.45, 2.75) is 45.6 Å². The van der Waals surface area contributed by atoms with Gasteiger partial charge in [-0.15, -0.1) is 0 Å². The normalized spacial score (nSPS) is 20.9. The van der Waals surface area contributed by atoms with Crippen LogP contribution in [0.15, 0.2) is 36.2 Å². The predicted molar refractivity (Wildman–Crippen MR) is 135 cm³/mol. The van der Waals surface area contributed by atoms with E-state index < -0.39 is 0 Å². The minimum absolute atomic E-state index is 0.110. The number of pyridine rings is 2. The Hall–Kier alpha value is -2.90. The SMILES string of the molecule is CCC1=Cc2ncc(CN3CCN(c4ccc(C(=O)C[C@@H]5CCCOC5)nc4)CC3)cc2CC1=O. The first-order valence-corrected chi connectivity index (χ1v) is 12.8. The fourth-order valence-electron chi connectivity index (χ4n) is 5.26. The number of aromatic nitrogens is 2. The summed E-state index contributed by atoms with van der Waals surface area (Å²) >= 11 is 0. The monoisotopic (exact) mass is 474 g/mol. The van der Waals surface area contributed by atoms with Crippen molar-refractivity contribution < 1.29 is 14.3 Å². The van der Waals surface area contributed by atoms with Gasteiger partial charge in [-0.2, -0.15) is 0 Å². The first-order chi connectivity index (χ1) is 17.1. The van der Waals surface area contributed by atoms with E-state index >= 15 is 0 Å². The highest BCUT2D eigenvalue weighted by Gasteiger charge is 2.22. The fraction of sp³-hybridized carbons (Fsp3) is 0.500. The molecule has 2 fully saturated rings. The Morgan fingerprint density at radius 3 is 2.71 bits per heavy atom. The van der Waals surface area contributed by atoms with Gasteiger partial charge in [0.25, 0.3) is 0 Å². The van der Waals surface area contributed by atoms with Gasteiger partial charge in [-0.3, -0.25) is 24.5 Å². The molecule has 0 spiro atoms. The largest absolute Gasteiger partial charge is 0.381 e. The molecule has 2 aromatic heterocycles. The summed E-state index contributed by atoms with van der Waals surface area (Å²) in [6.45, 7) is 8.06. The average Bonchev–Trinajstić information content (AvgIpc) is 2.89. The van der Waals surface area contributed by atoms with Crippen LogP contribution in [0.3, 0.4) is 0 Å². The third-order valence-electron chi connectivity index (χ3n) is 7.36. The molecule has 0 N–H and O–H groups in total. The summed E-state index contributed by atoms with van der Waals surface area (Å²) < 4.78 is 5.50. The second-order valence-electron chi connectivity index (χ2n) is 9.89. The number of fused-ring (bicyclic) bond motifs is 1. The van der Waals surface area contributed by atoms with Crippen LogP contribution in [-0.2, 0) is 22.5 Å². The van der Waals surface area contributed by atoms with Crippen molar-refractivity contribution in [2.24, 2.45) is 5.92 Å². The van der Waals surface area contributed by atoms with Crippen LogP contribution < -0.4 is 4.90 Å². The lowest BCUT2D eigenvalue weighted by Crippen LogP contribution is -2.46. The Balaban J connectivity index is 1.13. The third kappa shape index (κ3) is 5.68. The lowest BCUT2D eigenvalue weighted by molar-refractivity contribution is -0.115. The van der Waals surface area contributed by atoms with E-state index in [9.17, 15) is 9.59 Å². The van der Waals surface area contributed by atoms with Gasteiger partial charge in [-0.25, -0.2) is 0 Å². The highest BCUT2D eigenvalue weighted by atomic mass is 16.5. The number of ether oxygens (including phenoxy) is 1. The second-order valence-corrected chi connectivity index (χ2v) is 9.89. The van der Waals surface area contributed by atoms with E-state index in [1.54, 1.807) is 0 Å². The Morgan fingerprint density at radius 1 is 1.14 bits per heavy atom. The van der Waals surface area contributed by atoms with Gasteiger partial charge < -0.3 is 9.64 Å². The number of rotatable bonds is 7. The molecule has 0 radical (unpaired) electrons. The van der Waals surface area contributed by atoms with Gasteiger partial charge in [-0.05, 0) is 60.1 Å². The lowest BCUT2D eigenvalue weighted by Gasteiger charge is -2.36. The summed E-state index contributed by atoms with van der Waals surface area (Å²) in [5.41, 5.74) is 5.63. The van der Waals surface area contributed by atoms with Crippen molar-refractivity contribution >= 4 is 23.3 Å². The minimum atomic E-state index is 0.110. The number of carbonyl (C=O) groups is 2. The summed E-state index contributed by atoms with van der Waals surface area (Å²) in [6, 6.07) is 6.04. The zero-order valence-electron chi connectivity index (χ0n) is 20.5. The third-order valence-corrected chi connectivity index (χ3v) is 7.36. The van der Waals surface area contributed by atoms with Crippen LogP contribution in [0.2, 0.25) is 0 Å². The van der Waals surface area contributed by atoms with Crippen LogP contribution in [0.1, 0.15) is 59.9 Å². The van der Waals surface area contributed by atoms with E-state index in [2.05, 4.69) is 25.8 Å². The van der Waals surface area contributed by atoms with Crippen LogP contribution in [0.5, 0.6) is 0 Å². The fourth-order valence-corrected chi connectivity index (χ4v) is 5.26. The molecule has 184 valence electrons. The van der Waals surface area contributed by atoms with Crippen molar-refractivity contribution in [3.63, 3.8) is 0 Å². The molecule has 7 nitrogen and oxygen atoms in total. The van der Waals surface area contributed by atoms with Crippen molar-refractivity contribution in [1.29, 1.82) is 0 Å². The number of piperazine rings is 1. The van der Waals surface area contributed by atoms with E-state index in [0.29, 0.717) is 31.1 Å². The Morgan fingerprint density at radius 2 is 2.00 bits per heavy atom. The van der Waals surface area contributed by atoms with Gasteiger partial charge in [0, 0.05) is 65.0 Å². The zero-order valence-corrected chi connectivity index (χ0v) is 20.5. The van der Waals surface area contributed by atoms with Crippen molar-refractivity contribution in [1.82, 2.24) is 14.9 Å². The molecule has 1 aliphatic carbocycles. The molecule has 2 saturated heterocycles. The number of ketones is 2. The van der Waals surface area contributed by atoms with Crippen LogP contribution in [0.25, 0.3) is 6.08 Å². The molecule has 2 aromatic rings. The van der Waals surface area contributed by atoms with E-state index in [4.69, 9.17) is 4.74 Å². The molecule has 0 bridgehead atoms. The molecule has 5 rings (SSSR count). The molecule has 7 heteroatoms. The summed E-state index contributed by atoms with van der Waals surface area (Å²) in [5.74, 6) is 0.650. The van der Waals surface area contributed by atoms with Crippen LogP contribution in [0, 0.1) is 5.92 Å². The molecular formula is C28H34N4O3. The lowest BCUT2D eigenvalue weighted by atomic mass is 9.92. The number of hydrogen-bond acceptors (Lipinski definition) is 7. The quantitative estimate of drug-likeness (QED) is 0.566. The number of Topliss-reactive ketones (excluding diaryl/α,β-unsaturated/α-hetero) is 2. The first kappa shape index (κ1) is 23.8. The topological polar surface area (TPSA) is 75.6 Å². The maximum Gasteiger partial charge on any atom is 0.181 e. The molecule has 1 atom stereocenters. The van der Waals surface area contributed by atoms with Crippen molar-refractivity contribution in [3.8, 4) is 0 Å².